The van der Waals surface area contributed by atoms with Crippen LogP contribution in [0.2, 0.25) is 0 Å². The van der Waals surface area contributed by atoms with Crippen LogP contribution >= 0.6 is 12.4 Å². The van der Waals surface area contributed by atoms with Crippen molar-refractivity contribution in [3.05, 3.63) is 35.9 Å². The molecule has 1 fully saturated rings. The van der Waals surface area contributed by atoms with Gasteiger partial charge in [-0.1, -0.05) is 49.6 Å². The molecule has 0 aliphatic heterocycles. The molecule has 24 heavy (non-hydrogen) atoms. The van der Waals surface area contributed by atoms with Gasteiger partial charge in [-0.25, -0.2) is 0 Å². The quantitative estimate of drug-likeness (QED) is 0.704. The summed E-state index contributed by atoms with van der Waals surface area (Å²) in [6.07, 6.45) is 6.35. The van der Waals surface area contributed by atoms with Gasteiger partial charge in [-0.15, -0.1) is 12.4 Å². The highest BCUT2D eigenvalue weighted by Gasteiger charge is 2.16. The number of amides is 2. The highest BCUT2D eigenvalue weighted by molar-refractivity contribution is 5.85. The maximum atomic E-state index is 11.9. The largest absolute Gasteiger partial charge is 0.356 e. The van der Waals surface area contributed by atoms with Gasteiger partial charge in [0, 0.05) is 31.5 Å². The van der Waals surface area contributed by atoms with Crippen molar-refractivity contribution < 1.29 is 9.59 Å². The van der Waals surface area contributed by atoms with E-state index in [0.29, 0.717) is 19.0 Å². The molecule has 2 amide bonds. The fraction of sp³-hybridized carbons (Fsp3) is 0.556. The SMILES string of the molecule is Cl.NC(CC(=O)NCCC(=O)NC1CCCCC1)c1ccccc1. The zero-order valence-electron chi connectivity index (χ0n) is 14.0. The van der Waals surface area contributed by atoms with Crippen LogP contribution in [0.1, 0.15) is 56.6 Å². The Morgan fingerprint density at radius 3 is 2.42 bits per heavy atom. The molecule has 0 saturated heterocycles. The molecule has 1 aliphatic rings. The minimum atomic E-state index is -0.313. The molecule has 5 nitrogen and oxygen atoms in total. The molecule has 1 saturated carbocycles. The van der Waals surface area contributed by atoms with Gasteiger partial charge in [0.05, 0.1) is 0 Å². The molecule has 1 atom stereocenters. The molecule has 134 valence electrons. The van der Waals surface area contributed by atoms with E-state index in [-0.39, 0.29) is 36.7 Å². The Morgan fingerprint density at radius 1 is 1.08 bits per heavy atom. The lowest BCUT2D eigenvalue weighted by Crippen LogP contribution is -2.38. The second-order valence-electron chi connectivity index (χ2n) is 6.22. The third-order valence-electron chi connectivity index (χ3n) is 4.28. The summed E-state index contributed by atoms with van der Waals surface area (Å²) in [4.78, 5) is 23.7. The number of nitrogens with two attached hydrogens (primary N) is 1. The molecule has 0 bridgehead atoms. The number of benzene rings is 1. The predicted molar refractivity (Wildman–Crippen MR) is 97.9 cm³/mol. The topological polar surface area (TPSA) is 84.2 Å². The van der Waals surface area contributed by atoms with Crippen LogP contribution in [-0.4, -0.2) is 24.4 Å². The fourth-order valence-electron chi connectivity index (χ4n) is 2.95. The average Bonchev–Trinajstić information content (AvgIpc) is 2.56. The highest BCUT2D eigenvalue weighted by atomic mass is 35.5. The molecule has 1 aromatic rings. The van der Waals surface area contributed by atoms with E-state index in [1.54, 1.807) is 0 Å². The Kier molecular flexibility index (Phi) is 9.42. The summed E-state index contributed by atoms with van der Waals surface area (Å²) in [6, 6.07) is 9.56. The van der Waals surface area contributed by atoms with Crippen LogP contribution in [0.25, 0.3) is 0 Å². The van der Waals surface area contributed by atoms with Crippen molar-refractivity contribution in [2.24, 2.45) is 5.73 Å². The van der Waals surface area contributed by atoms with Crippen LogP contribution in [0.3, 0.4) is 0 Å². The Bertz CT molecular complexity index is 504. The number of carbonyl (C=O) groups is 2. The summed E-state index contributed by atoms with van der Waals surface area (Å²) >= 11 is 0. The van der Waals surface area contributed by atoms with E-state index in [1.807, 2.05) is 30.3 Å². The molecule has 0 spiro atoms. The van der Waals surface area contributed by atoms with E-state index >= 15 is 0 Å². The monoisotopic (exact) mass is 353 g/mol. The highest BCUT2D eigenvalue weighted by Crippen LogP contribution is 2.17. The third-order valence-corrected chi connectivity index (χ3v) is 4.28. The number of rotatable bonds is 7. The molecule has 1 aromatic carbocycles. The Labute approximate surface area is 150 Å². The van der Waals surface area contributed by atoms with E-state index in [4.69, 9.17) is 5.73 Å². The Balaban J connectivity index is 0.00000288. The van der Waals surface area contributed by atoms with Crippen LogP contribution < -0.4 is 16.4 Å². The van der Waals surface area contributed by atoms with Crippen molar-refractivity contribution >= 4 is 24.2 Å². The number of hydrogen-bond donors (Lipinski definition) is 3. The first-order valence-electron chi connectivity index (χ1n) is 8.52. The second kappa shape index (κ2) is 11.0. The maximum absolute atomic E-state index is 11.9. The molecular weight excluding hydrogens is 326 g/mol. The van der Waals surface area contributed by atoms with Crippen molar-refractivity contribution in [3.63, 3.8) is 0 Å². The first-order chi connectivity index (χ1) is 11.1. The van der Waals surface area contributed by atoms with Crippen LogP contribution in [0.15, 0.2) is 30.3 Å². The Morgan fingerprint density at radius 2 is 1.75 bits per heavy atom. The molecule has 1 aliphatic carbocycles. The number of nitrogens with one attached hydrogen (secondary N) is 2. The molecule has 4 N–H and O–H groups in total. The smallest absolute Gasteiger partial charge is 0.221 e. The first-order valence-corrected chi connectivity index (χ1v) is 8.52. The molecule has 1 unspecified atom stereocenters. The predicted octanol–water partition coefficient (Wildman–Crippen LogP) is 2.45. The summed E-state index contributed by atoms with van der Waals surface area (Å²) in [7, 11) is 0. The van der Waals surface area contributed by atoms with Crippen LogP contribution in [0, 0.1) is 0 Å². The number of halogens is 1. The van der Waals surface area contributed by atoms with Crippen molar-refractivity contribution in [1.29, 1.82) is 0 Å². The van der Waals surface area contributed by atoms with Crippen molar-refractivity contribution in [1.82, 2.24) is 10.6 Å². The average molecular weight is 354 g/mol. The summed E-state index contributed by atoms with van der Waals surface area (Å²) in [5, 5.41) is 5.82. The van der Waals surface area contributed by atoms with Gasteiger partial charge < -0.3 is 16.4 Å². The summed E-state index contributed by atoms with van der Waals surface area (Å²) < 4.78 is 0. The minimum absolute atomic E-state index is 0. The standard InChI is InChI=1S/C18H27N3O2.ClH/c19-16(14-7-3-1-4-8-14)13-18(23)20-12-11-17(22)21-15-9-5-2-6-10-15;/h1,3-4,7-8,15-16H,2,5-6,9-13,19H2,(H,20,23)(H,21,22);1H. The molecule has 0 radical (unpaired) electrons. The lowest BCUT2D eigenvalue weighted by Gasteiger charge is -2.22. The van der Waals surface area contributed by atoms with Crippen LogP contribution in [-0.2, 0) is 9.59 Å². The summed E-state index contributed by atoms with van der Waals surface area (Å²) in [5.74, 6) is -0.101. The van der Waals surface area contributed by atoms with E-state index < -0.39 is 0 Å². The van der Waals surface area contributed by atoms with E-state index in [2.05, 4.69) is 10.6 Å². The van der Waals surface area contributed by atoms with Gasteiger partial charge in [0.1, 0.15) is 0 Å². The van der Waals surface area contributed by atoms with E-state index in [0.717, 1.165) is 18.4 Å². The fourth-order valence-corrected chi connectivity index (χ4v) is 2.95. The molecule has 2 rings (SSSR count). The van der Waals surface area contributed by atoms with Gasteiger partial charge in [0.2, 0.25) is 11.8 Å². The zero-order valence-corrected chi connectivity index (χ0v) is 14.8. The second-order valence-corrected chi connectivity index (χ2v) is 6.22. The number of carbonyl (C=O) groups excluding carboxylic acids is 2. The van der Waals surface area contributed by atoms with Gasteiger partial charge in [0.25, 0.3) is 0 Å². The lowest BCUT2D eigenvalue weighted by atomic mass is 9.95. The van der Waals surface area contributed by atoms with Crippen molar-refractivity contribution in [3.8, 4) is 0 Å². The van der Waals surface area contributed by atoms with Gasteiger partial charge in [-0.2, -0.15) is 0 Å². The molecular formula is C18H28ClN3O2. The third kappa shape index (κ3) is 7.32. The van der Waals surface area contributed by atoms with Crippen molar-refractivity contribution in [2.75, 3.05) is 6.54 Å². The van der Waals surface area contributed by atoms with Crippen molar-refractivity contribution in [2.45, 2.75) is 57.0 Å². The zero-order chi connectivity index (χ0) is 16.5. The van der Waals surface area contributed by atoms with Gasteiger partial charge in [-0.3, -0.25) is 9.59 Å². The van der Waals surface area contributed by atoms with E-state index in [1.165, 1.54) is 19.3 Å². The lowest BCUT2D eigenvalue weighted by molar-refractivity contribution is -0.123. The molecule has 0 heterocycles. The maximum Gasteiger partial charge on any atom is 0.221 e. The molecule has 6 heteroatoms. The summed E-state index contributed by atoms with van der Waals surface area (Å²) in [5.41, 5.74) is 6.95. The van der Waals surface area contributed by atoms with E-state index in [9.17, 15) is 9.59 Å². The van der Waals surface area contributed by atoms with Crippen LogP contribution in [0.4, 0.5) is 0 Å². The normalized spacial score (nSPS) is 15.9. The summed E-state index contributed by atoms with van der Waals surface area (Å²) in [6.45, 7) is 0.360. The van der Waals surface area contributed by atoms with Gasteiger partial charge in [0.15, 0.2) is 0 Å². The van der Waals surface area contributed by atoms with Gasteiger partial charge >= 0.3 is 0 Å². The first kappa shape index (κ1) is 20.5. The molecule has 0 aromatic heterocycles. The van der Waals surface area contributed by atoms with Crippen LogP contribution in [0.5, 0.6) is 0 Å². The van der Waals surface area contributed by atoms with Gasteiger partial charge in [-0.05, 0) is 18.4 Å². The minimum Gasteiger partial charge on any atom is -0.356 e. The number of hydrogen-bond acceptors (Lipinski definition) is 3. The Hall–Kier alpha value is -1.59.